The van der Waals surface area contributed by atoms with Crippen LogP contribution in [0.4, 0.5) is 0 Å². The summed E-state index contributed by atoms with van der Waals surface area (Å²) in [5.74, 6) is -0.557. The lowest BCUT2D eigenvalue weighted by molar-refractivity contribution is 0.0995. The highest BCUT2D eigenvalue weighted by Crippen LogP contribution is 2.07. The van der Waals surface area contributed by atoms with Gasteiger partial charge in [-0.25, -0.2) is 4.98 Å². The molecule has 100 valence electrons. The third-order valence-corrected chi connectivity index (χ3v) is 3.03. The van der Waals surface area contributed by atoms with E-state index in [1.807, 2.05) is 18.2 Å². The highest BCUT2D eigenvalue weighted by Gasteiger charge is 2.03. The fourth-order valence-electron chi connectivity index (χ4n) is 1.95. The van der Waals surface area contributed by atoms with Gasteiger partial charge in [-0.3, -0.25) is 9.78 Å². The Balaban J connectivity index is 0.000000186. The number of nitrogens with zero attached hydrogens (tertiary/aromatic N) is 3. The lowest BCUT2D eigenvalue weighted by Crippen LogP contribution is -2.13. The Kier molecular flexibility index (Phi) is 4.41. The minimum absolute atomic E-state index is 0.193. The standard InChI is InChI=1S/C9H7N3O.C5H11N/c10-9(13)8-5-11-6-3-1-2-4-7(6)12-8;1-6-4-2-3-5-6/h1-5H,(H2,10,13);2-5H2,1H3. The van der Waals surface area contributed by atoms with Gasteiger partial charge in [-0.05, 0) is 45.1 Å². The summed E-state index contributed by atoms with van der Waals surface area (Å²) < 4.78 is 0. The first-order valence-electron chi connectivity index (χ1n) is 6.37. The SMILES string of the molecule is CN1CCCC1.NC(=O)c1cnc2ccccc2n1. The van der Waals surface area contributed by atoms with Crippen LogP contribution in [0, 0.1) is 0 Å². The van der Waals surface area contributed by atoms with Crippen molar-refractivity contribution in [1.82, 2.24) is 14.9 Å². The molecule has 0 unspecified atom stereocenters. The van der Waals surface area contributed by atoms with Gasteiger partial charge >= 0.3 is 0 Å². The second-order valence-corrected chi connectivity index (χ2v) is 4.62. The van der Waals surface area contributed by atoms with E-state index in [9.17, 15) is 4.79 Å². The highest BCUT2D eigenvalue weighted by atomic mass is 16.1. The molecule has 0 saturated carbocycles. The van der Waals surface area contributed by atoms with Crippen molar-refractivity contribution < 1.29 is 4.79 Å². The summed E-state index contributed by atoms with van der Waals surface area (Å²) >= 11 is 0. The average molecular weight is 258 g/mol. The van der Waals surface area contributed by atoms with Gasteiger partial charge in [-0.2, -0.15) is 0 Å². The zero-order chi connectivity index (χ0) is 13.7. The number of carbonyl (C=O) groups excluding carboxylic acids is 1. The van der Waals surface area contributed by atoms with Gasteiger partial charge in [0.1, 0.15) is 5.69 Å². The summed E-state index contributed by atoms with van der Waals surface area (Å²) in [5, 5.41) is 0. The molecule has 1 fully saturated rings. The fraction of sp³-hybridized carbons (Fsp3) is 0.357. The van der Waals surface area contributed by atoms with E-state index >= 15 is 0 Å². The number of hydrogen-bond donors (Lipinski definition) is 1. The molecule has 0 bridgehead atoms. The molecule has 0 radical (unpaired) electrons. The third kappa shape index (κ3) is 3.72. The summed E-state index contributed by atoms with van der Waals surface area (Å²) in [5.41, 5.74) is 6.69. The number of benzene rings is 1. The maximum absolute atomic E-state index is 10.8. The van der Waals surface area contributed by atoms with Crippen LogP contribution >= 0.6 is 0 Å². The molecular weight excluding hydrogens is 240 g/mol. The molecule has 1 amide bonds. The number of amides is 1. The predicted molar refractivity (Wildman–Crippen MR) is 74.8 cm³/mol. The summed E-state index contributed by atoms with van der Waals surface area (Å²) in [6, 6.07) is 7.31. The summed E-state index contributed by atoms with van der Waals surface area (Å²) in [7, 11) is 2.17. The van der Waals surface area contributed by atoms with Crippen molar-refractivity contribution in [3.63, 3.8) is 0 Å². The average Bonchev–Trinajstić information content (AvgIpc) is 2.90. The topological polar surface area (TPSA) is 72.1 Å². The van der Waals surface area contributed by atoms with Gasteiger partial charge in [0, 0.05) is 0 Å². The molecular formula is C14H18N4O. The van der Waals surface area contributed by atoms with Gasteiger partial charge in [0.25, 0.3) is 5.91 Å². The quantitative estimate of drug-likeness (QED) is 0.840. The number of nitrogens with two attached hydrogens (primary N) is 1. The van der Waals surface area contributed by atoms with E-state index < -0.39 is 5.91 Å². The maximum Gasteiger partial charge on any atom is 0.268 e. The van der Waals surface area contributed by atoms with Crippen LogP contribution in [0.3, 0.4) is 0 Å². The number of para-hydroxylation sites is 2. The minimum atomic E-state index is -0.557. The van der Waals surface area contributed by atoms with Crippen LogP contribution in [0.5, 0.6) is 0 Å². The zero-order valence-electron chi connectivity index (χ0n) is 11.0. The Bertz CT molecular complexity index is 564. The van der Waals surface area contributed by atoms with E-state index in [2.05, 4.69) is 21.9 Å². The zero-order valence-corrected chi connectivity index (χ0v) is 11.0. The second kappa shape index (κ2) is 6.24. The van der Waals surface area contributed by atoms with E-state index in [0.717, 1.165) is 5.52 Å². The maximum atomic E-state index is 10.8. The summed E-state index contributed by atoms with van der Waals surface area (Å²) in [4.78, 5) is 21.2. The van der Waals surface area contributed by atoms with Crippen molar-refractivity contribution in [3.05, 3.63) is 36.2 Å². The Morgan fingerprint density at radius 1 is 1.21 bits per heavy atom. The van der Waals surface area contributed by atoms with E-state index in [1.165, 1.54) is 32.1 Å². The van der Waals surface area contributed by atoms with Crippen molar-refractivity contribution in [2.24, 2.45) is 5.73 Å². The van der Waals surface area contributed by atoms with Crippen LogP contribution in [0.25, 0.3) is 11.0 Å². The molecule has 19 heavy (non-hydrogen) atoms. The van der Waals surface area contributed by atoms with Crippen molar-refractivity contribution in [3.8, 4) is 0 Å². The molecule has 3 rings (SSSR count). The van der Waals surface area contributed by atoms with E-state index in [-0.39, 0.29) is 5.69 Å². The Morgan fingerprint density at radius 3 is 2.37 bits per heavy atom. The largest absolute Gasteiger partial charge is 0.364 e. The molecule has 0 atom stereocenters. The number of aromatic nitrogens is 2. The normalized spacial score (nSPS) is 15.0. The van der Waals surface area contributed by atoms with Crippen LogP contribution in [0.1, 0.15) is 23.3 Å². The van der Waals surface area contributed by atoms with Crippen LogP contribution in [0.15, 0.2) is 30.5 Å². The fourth-order valence-corrected chi connectivity index (χ4v) is 1.95. The van der Waals surface area contributed by atoms with Crippen molar-refractivity contribution in [2.45, 2.75) is 12.8 Å². The second-order valence-electron chi connectivity index (χ2n) is 4.62. The van der Waals surface area contributed by atoms with E-state index in [0.29, 0.717) is 5.52 Å². The smallest absolute Gasteiger partial charge is 0.268 e. The molecule has 1 aromatic carbocycles. The Morgan fingerprint density at radius 2 is 1.84 bits per heavy atom. The minimum Gasteiger partial charge on any atom is -0.364 e. The summed E-state index contributed by atoms with van der Waals surface area (Å²) in [6.45, 7) is 2.64. The number of primary amides is 1. The van der Waals surface area contributed by atoms with Gasteiger partial charge in [0.05, 0.1) is 17.2 Å². The lowest BCUT2D eigenvalue weighted by Gasteiger charge is -2.01. The first-order chi connectivity index (χ1) is 9.16. The molecule has 2 N–H and O–H groups in total. The van der Waals surface area contributed by atoms with Crippen LogP contribution in [-0.2, 0) is 0 Å². The lowest BCUT2D eigenvalue weighted by atomic mass is 10.3. The van der Waals surface area contributed by atoms with Gasteiger partial charge in [-0.15, -0.1) is 0 Å². The van der Waals surface area contributed by atoms with Crippen molar-refractivity contribution in [1.29, 1.82) is 0 Å². The van der Waals surface area contributed by atoms with E-state index in [1.54, 1.807) is 6.07 Å². The number of likely N-dealkylation sites (tertiary alicyclic amines) is 1. The predicted octanol–water partition coefficient (Wildman–Crippen LogP) is 1.44. The molecule has 1 aliphatic rings. The number of hydrogen-bond acceptors (Lipinski definition) is 4. The molecule has 5 heteroatoms. The Labute approximate surface area is 112 Å². The van der Waals surface area contributed by atoms with Crippen LogP contribution < -0.4 is 5.73 Å². The third-order valence-electron chi connectivity index (χ3n) is 3.03. The molecule has 5 nitrogen and oxygen atoms in total. The highest BCUT2D eigenvalue weighted by molar-refractivity contribution is 5.92. The van der Waals surface area contributed by atoms with Gasteiger partial charge in [0.2, 0.25) is 0 Å². The number of fused-ring (bicyclic) bond motifs is 1. The van der Waals surface area contributed by atoms with Gasteiger partial charge < -0.3 is 10.6 Å². The molecule has 1 aromatic heterocycles. The Hall–Kier alpha value is -2.01. The number of carbonyl (C=O) groups is 1. The first-order valence-corrected chi connectivity index (χ1v) is 6.37. The monoisotopic (exact) mass is 258 g/mol. The van der Waals surface area contributed by atoms with Crippen molar-refractivity contribution >= 4 is 16.9 Å². The first kappa shape index (κ1) is 13.4. The van der Waals surface area contributed by atoms with Crippen LogP contribution in [0.2, 0.25) is 0 Å². The molecule has 0 aliphatic carbocycles. The molecule has 2 aromatic rings. The summed E-state index contributed by atoms with van der Waals surface area (Å²) in [6.07, 6.45) is 4.21. The van der Waals surface area contributed by atoms with Gasteiger partial charge in [0.15, 0.2) is 0 Å². The van der Waals surface area contributed by atoms with Crippen LogP contribution in [-0.4, -0.2) is 40.9 Å². The number of rotatable bonds is 1. The van der Waals surface area contributed by atoms with Crippen molar-refractivity contribution in [2.75, 3.05) is 20.1 Å². The molecule has 1 aliphatic heterocycles. The van der Waals surface area contributed by atoms with Gasteiger partial charge in [-0.1, -0.05) is 12.1 Å². The molecule has 2 heterocycles. The molecule has 1 saturated heterocycles. The molecule has 0 spiro atoms. The van der Waals surface area contributed by atoms with E-state index in [4.69, 9.17) is 5.73 Å².